The molecule has 6 nitrogen and oxygen atoms in total. The van der Waals surface area contributed by atoms with Gasteiger partial charge in [0.25, 0.3) is 5.69 Å². The zero-order valence-electron chi connectivity index (χ0n) is 11.3. The van der Waals surface area contributed by atoms with Crippen LogP contribution in [0.25, 0.3) is 0 Å². The predicted octanol–water partition coefficient (Wildman–Crippen LogP) is 2.35. The lowest BCUT2D eigenvalue weighted by atomic mass is 10.0. The number of aliphatic hydroxyl groups is 1. The second-order valence-corrected chi connectivity index (χ2v) is 4.64. The first-order chi connectivity index (χ1) is 9.65. The lowest BCUT2D eigenvalue weighted by Crippen LogP contribution is -1.98. The first-order valence-electron chi connectivity index (χ1n) is 6.54. The molecule has 0 radical (unpaired) electrons. The molecule has 0 aliphatic carbocycles. The molecule has 1 aromatic heterocycles. The van der Waals surface area contributed by atoms with Crippen molar-refractivity contribution in [1.82, 2.24) is 10.2 Å². The third-order valence-corrected chi connectivity index (χ3v) is 3.21. The van der Waals surface area contributed by atoms with Gasteiger partial charge in [0.05, 0.1) is 22.9 Å². The number of nitrogens with zero attached hydrogens (tertiary/aromatic N) is 2. The van der Waals surface area contributed by atoms with Gasteiger partial charge in [-0.2, -0.15) is 5.10 Å². The second kappa shape index (κ2) is 6.29. The van der Waals surface area contributed by atoms with E-state index in [9.17, 15) is 15.2 Å². The van der Waals surface area contributed by atoms with Crippen molar-refractivity contribution in [3.8, 4) is 0 Å². The van der Waals surface area contributed by atoms with E-state index in [-0.39, 0.29) is 12.3 Å². The van der Waals surface area contributed by atoms with Crippen molar-refractivity contribution >= 4 is 5.69 Å². The first-order valence-corrected chi connectivity index (χ1v) is 6.54. The Morgan fingerprint density at radius 3 is 2.60 bits per heavy atom. The number of nitro benzene ring substituents is 1. The Morgan fingerprint density at radius 1 is 1.35 bits per heavy atom. The number of aromatic amines is 1. The van der Waals surface area contributed by atoms with Crippen LogP contribution in [0.15, 0.2) is 24.3 Å². The molecular weight excluding hydrogens is 258 g/mol. The minimum absolute atomic E-state index is 0.0807. The molecule has 106 valence electrons. The SMILES string of the molecule is CCCc1n[nH]c(CO)c1Cc1ccc([N+](=O)[O-])cc1. The van der Waals surface area contributed by atoms with E-state index in [4.69, 9.17) is 0 Å². The molecule has 0 unspecified atom stereocenters. The average molecular weight is 275 g/mol. The van der Waals surface area contributed by atoms with Crippen LogP contribution >= 0.6 is 0 Å². The molecule has 2 aromatic rings. The average Bonchev–Trinajstić information content (AvgIpc) is 2.82. The Kier molecular flexibility index (Phi) is 4.47. The van der Waals surface area contributed by atoms with Gasteiger partial charge in [-0.15, -0.1) is 0 Å². The van der Waals surface area contributed by atoms with Crippen LogP contribution in [-0.2, 0) is 19.4 Å². The van der Waals surface area contributed by atoms with Gasteiger partial charge < -0.3 is 5.11 Å². The molecule has 0 saturated carbocycles. The van der Waals surface area contributed by atoms with Gasteiger partial charge >= 0.3 is 0 Å². The normalized spacial score (nSPS) is 10.7. The quantitative estimate of drug-likeness (QED) is 0.625. The van der Waals surface area contributed by atoms with Gasteiger partial charge in [-0.3, -0.25) is 15.2 Å². The summed E-state index contributed by atoms with van der Waals surface area (Å²) < 4.78 is 0. The smallest absolute Gasteiger partial charge is 0.269 e. The number of H-pyrrole nitrogens is 1. The van der Waals surface area contributed by atoms with Gasteiger partial charge in [0, 0.05) is 24.1 Å². The van der Waals surface area contributed by atoms with E-state index in [2.05, 4.69) is 17.1 Å². The van der Waals surface area contributed by atoms with Crippen LogP contribution in [0.5, 0.6) is 0 Å². The Labute approximate surface area is 116 Å². The first kappa shape index (κ1) is 14.2. The molecule has 0 aliphatic heterocycles. The number of aliphatic hydroxyl groups excluding tert-OH is 1. The fraction of sp³-hybridized carbons (Fsp3) is 0.357. The summed E-state index contributed by atoms with van der Waals surface area (Å²) in [5, 5.41) is 27.0. The lowest BCUT2D eigenvalue weighted by Gasteiger charge is -2.04. The molecule has 0 atom stereocenters. The van der Waals surface area contributed by atoms with Crippen LogP contribution in [0.1, 0.15) is 35.9 Å². The number of benzene rings is 1. The minimum atomic E-state index is -0.413. The molecule has 6 heteroatoms. The fourth-order valence-electron chi connectivity index (χ4n) is 2.17. The van der Waals surface area contributed by atoms with E-state index in [1.165, 1.54) is 12.1 Å². The minimum Gasteiger partial charge on any atom is -0.390 e. The summed E-state index contributed by atoms with van der Waals surface area (Å²) in [6.07, 6.45) is 2.43. The number of non-ortho nitro benzene ring substituents is 1. The van der Waals surface area contributed by atoms with Crippen LogP contribution in [-0.4, -0.2) is 20.2 Å². The number of aromatic nitrogens is 2. The van der Waals surface area contributed by atoms with Crippen molar-refractivity contribution in [3.05, 3.63) is 56.9 Å². The summed E-state index contributed by atoms with van der Waals surface area (Å²) in [5.41, 5.74) is 3.70. The van der Waals surface area contributed by atoms with Crippen LogP contribution in [0, 0.1) is 10.1 Å². The highest BCUT2D eigenvalue weighted by Gasteiger charge is 2.13. The molecule has 1 heterocycles. The van der Waals surface area contributed by atoms with Crippen molar-refractivity contribution in [2.75, 3.05) is 0 Å². The topological polar surface area (TPSA) is 92.0 Å². The van der Waals surface area contributed by atoms with E-state index in [0.717, 1.165) is 29.7 Å². The lowest BCUT2D eigenvalue weighted by molar-refractivity contribution is -0.384. The predicted molar refractivity (Wildman–Crippen MR) is 74.4 cm³/mol. The van der Waals surface area contributed by atoms with Crippen molar-refractivity contribution in [2.45, 2.75) is 32.8 Å². The number of nitro groups is 1. The molecule has 0 spiro atoms. The second-order valence-electron chi connectivity index (χ2n) is 4.64. The summed E-state index contributed by atoms with van der Waals surface area (Å²) in [4.78, 5) is 10.2. The van der Waals surface area contributed by atoms with Gasteiger partial charge in [-0.25, -0.2) is 0 Å². The summed E-state index contributed by atoms with van der Waals surface area (Å²) >= 11 is 0. The molecule has 2 N–H and O–H groups in total. The summed E-state index contributed by atoms with van der Waals surface area (Å²) in [7, 11) is 0. The third-order valence-electron chi connectivity index (χ3n) is 3.21. The van der Waals surface area contributed by atoms with Crippen LogP contribution in [0.3, 0.4) is 0 Å². The van der Waals surface area contributed by atoms with Crippen molar-refractivity contribution in [3.63, 3.8) is 0 Å². The van der Waals surface area contributed by atoms with Gasteiger partial charge in [0.2, 0.25) is 0 Å². The van der Waals surface area contributed by atoms with E-state index in [1.54, 1.807) is 12.1 Å². The molecule has 2 rings (SSSR count). The van der Waals surface area contributed by atoms with Crippen molar-refractivity contribution in [1.29, 1.82) is 0 Å². The zero-order valence-corrected chi connectivity index (χ0v) is 11.3. The van der Waals surface area contributed by atoms with Crippen LogP contribution < -0.4 is 0 Å². The zero-order chi connectivity index (χ0) is 14.5. The Balaban J connectivity index is 2.24. The molecule has 0 saturated heterocycles. The Hall–Kier alpha value is -2.21. The fourth-order valence-corrected chi connectivity index (χ4v) is 2.17. The number of rotatable bonds is 6. The highest BCUT2D eigenvalue weighted by Crippen LogP contribution is 2.20. The van der Waals surface area contributed by atoms with E-state index in [1.807, 2.05) is 0 Å². The molecule has 20 heavy (non-hydrogen) atoms. The third kappa shape index (κ3) is 3.03. The standard InChI is InChI=1S/C14H17N3O3/c1-2-3-13-12(14(9-18)16-15-13)8-10-4-6-11(7-5-10)17(19)20/h4-7,18H,2-3,8-9H2,1H3,(H,15,16). The maximum Gasteiger partial charge on any atom is 0.269 e. The summed E-state index contributed by atoms with van der Waals surface area (Å²) in [5.74, 6) is 0. The van der Waals surface area contributed by atoms with Crippen LogP contribution in [0.4, 0.5) is 5.69 Å². The van der Waals surface area contributed by atoms with E-state index < -0.39 is 4.92 Å². The highest BCUT2D eigenvalue weighted by atomic mass is 16.6. The van der Waals surface area contributed by atoms with E-state index >= 15 is 0 Å². The van der Waals surface area contributed by atoms with E-state index in [0.29, 0.717) is 12.1 Å². The van der Waals surface area contributed by atoms with Gasteiger partial charge in [-0.05, 0) is 12.0 Å². The largest absolute Gasteiger partial charge is 0.390 e. The summed E-state index contributed by atoms with van der Waals surface area (Å²) in [6.45, 7) is 1.99. The molecular formula is C14H17N3O3. The molecule has 0 aliphatic rings. The monoisotopic (exact) mass is 275 g/mol. The number of aryl methyl sites for hydroxylation is 1. The molecule has 0 bridgehead atoms. The van der Waals surface area contributed by atoms with Crippen molar-refractivity contribution < 1.29 is 10.0 Å². The Bertz CT molecular complexity index is 590. The number of nitrogens with one attached hydrogen (secondary N) is 1. The molecule has 0 amide bonds. The van der Waals surface area contributed by atoms with Gasteiger partial charge in [-0.1, -0.05) is 25.5 Å². The van der Waals surface area contributed by atoms with Gasteiger partial charge in [0.15, 0.2) is 0 Å². The van der Waals surface area contributed by atoms with Gasteiger partial charge in [0.1, 0.15) is 0 Å². The highest BCUT2D eigenvalue weighted by molar-refractivity contribution is 5.37. The molecule has 1 aromatic carbocycles. The molecule has 0 fully saturated rings. The number of hydrogen-bond acceptors (Lipinski definition) is 4. The maximum atomic E-state index is 10.6. The number of hydrogen-bond donors (Lipinski definition) is 2. The van der Waals surface area contributed by atoms with Crippen molar-refractivity contribution in [2.24, 2.45) is 0 Å². The van der Waals surface area contributed by atoms with Crippen LogP contribution in [0.2, 0.25) is 0 Å². The maximum absolute atomic E-state index is 10.6. The Morgan fingerprint density at radius 2 is 2.05 bits per heavy atom. The summed E-state index contributed by atoms with van der Waals surface area (Å²) in [6, 6.07) is 6.46.